The van der Waals surface area contributed by atoms with Gasteiger partial charge in [-0.15, -0.1) is 11.8 Å². The smallest absolute Gasteiger partial charge is 0.352 e. The maximum absolute atomic E-state index is 13.2. The number of aliphatic carboxylic acids is 2. The fraction of sp³-hybridized carbons (Fsp3) is 0.423. The lowest BCUT2D eigenvalue weighted by Crippen LogP contribution is -2.71. The molecule has 0 radical (unpaired) electrons. The number of nitrogens with zero attached hydrogens (tertiary/aromatic N) is 6. The molecule has 2 aromatic heterocycles. The van der Waals surface area contributed by atoms with Crippen LogP contribution in [0.1, 0.15) is 32.5 Å². The Morgan fingerprint density at radius 3 is 2.70 bits per heavy atom. The molecule has 1 saturated heterocycles. The molecule has 4 rings (SSSR count). The summed E-state index contributed by atoms with van der Waals surface area (Å²) in [4.78, 5) is 64.4. The average molecular weight is 677 g/mol. The number of carboxylic acid groups (broad SMARTS) is 2. The Bertz CT molecular complexity index is 1610. The van der Waals surface area contributed by atoms with Crippen LogP contribution in [-0.4, -0.2) is 94.8 Å². The van der Waals surface area contributed by atoms with Gasteiger partial charge < -0.3 is 42.9 Å². The number of allylic oxidation sites excluding steroid dienone is 2. The van der Waals surface area contributed by atoms with Crippen LogP contribution in [0.15, 0.2) is 41.1 Å². The third-order valence-electron chi connectivity index (χ3n) is 6.73. The molecule has 2 aromatic rings. The number of carbonyl (C=O) groups is 4. The van der Waals surface area contributed by atoms with Gasteiger partial charge in [-0.2, -0.15) is 9.36 Å². The van der Waals surface area contributed by atoms with Crippen molar-refractivity contribution in [3.63, 3.8) is 0 Å². The minimum absolute atomic E-state index is 0.0139. The van der Waals surface area contributed by atoms with E-state index in [9.17, 15) is 29.4 Å². The molecule has 2 aliphatic heterocycles. The molecule has 2 aliphatic rings. The molecular formula is C26H34N11O7S2+. The first-order valence-corrected chi connectivity index (χ1v) is 15.7. The highest BCUT2D eigenvalue weighted by Crippen LogP contribution is 2.40. The molecule has 2 amide bonds. The zero-order valence-corrected chi connectivity index (χ0v) is 26.5. The number of aromatic nitrogens is 4. The number of β-lactam (4-membered cyclic amide) rings is 1. The largest absolute Gasteiger partial charge is 0.478 e. The van der Waals surface area contributed by atoms with Gasteiger partial charge in [-0.05, 0) is 49.9 Å². The maximum Gasteiger partial charge on any atom is 0.352 e. The number of nitrogen functional groups attached to an aromatic ring is 2. The standard InChI is InChI=1S/C26H33N11O7S2/c1-26(2,24(42)43)44-34-15(19-33-25(29)46-35-19)20(38)32-16-21(39)37-17(23(40)41)13(11-45-22(16)37)6-5-9-36-10-14(18(28)31-12-36)30-8-4-3-7-27/h5-6,10,12,16,22,28,30H,3-4,7-9,11,27H2,1-2H3,(H5,29,32,33,35,38,40,41,42,43)/p+1/b6-5+,34-15-/t16-,22?/m1/s1. The van der Waals surface area contributed by atoms with Gasteiger partial charge in [0.2, 0.25) is 17.1 Å². The van der Waals surface area contributed by atoms with Gasteiger partial charge in [0.15, 0.2) is 5.13 Å². The van der Waals surface area contributed by atoms with Crippen molar-refractivity contribution in [1.29, 1.82) is 0 Å². The quantitative estimate of drug-likeness (QED) is 0.0396. The first kappa shape index (κ1) is 34.1. The van der Waals surface area contributed by atoms with Crippen molar-refractivity contribution >= 4 is 69.4 Å². The van der Waals surface area contributed by atoms with E-state index in [0.717, 1.165) is 29.3 Å². The summed E-state index contributed by atoms with van der Waals surface area (Å²) >= 11 is 2.03. The number of unbranched alkanes of at least 4 members (excludes halogenated alkanes) is 1. The van der Waals surface area contributed by atoms with Crippen molar-refractivity contribution in [2.24, 2.45) is 10.9 Å². The van der Waals surface area contributed by atoms with Gasteiger partial charge in [0.25, 0.3) is 24.0 Å². The highest BCUT2D eigenvalue weighted by Gasteiger charge is 2.54. The highest BCUT2D eigenvalue weighted by atomic mass is 32.2. The van der Waals surface area contributed by atoms with Crippen molar-refractivity contribution in [1.82, 2.24) is 24.6 Å². The van der Waals surface area contributed by atoms with Crippen molar-refractivity contribution in [3.05, 3.63) is 41.8 Å². The molecule has 4 heterocycles. The van der Waals surface area contributed by atoms with E-state index in [-0.39, 0.29) is 22.4 Å². The number of anilines is 3. The molecule has 0 saturated carbocycles. The topological polar surface area (TPSA) is 278 Å². The van der Waals surface area contributed by atoms with Crippen molar-refractivity contribution in [2.45, 2.75) is 50.3 Å². The number of hydrogen-bond acceptors (Lipinski definition) is 15. The minimum atomic E-state index is -1.80. The molecule has 20 heteroatoms. The van der Waals surface area contributed by atoms with Gasteiger partial charge in [0, 0.05) is 23.8 Å². The average Bonchev–Trinajstić information content (AvgIpc) is 3.44. The summed E-state index contributed by atoms with van der Waals surface area (Å²) in [6.45, 7) is 4.08. The molecule has 0 aromatic carbocycles. The fourth-order valence-corrected chi connectivity index (χ4v) is 5.96. The Kier molecular flexibility index (Phi) is 10.7. The van der Waals surface area contributed by atoms with Crippen LogP contribution in [0.25, 0.3) is 0 Å². The van der Waals surface area contributed by atoms with E-state index in [4.69, 9.17) is 22.0 Å². The van der Waals surface area contributed by atoms with Gasteiger partial charge in [-0.1, -0.05) is 11.2 Å². The lowest BCUT2D eigenvalue weighted by molar-refractivity contribution is -0.689. The third kappa shape index (κ3) is 7.69. The van der Waals surface area contributed by atoms with Crippen molar-refractivity contribution in [2.75, 3.05) is 35.6 Å². The van der Waals surface area contributed by atoms with Crippen LogP contribution in [0.4, 0.5) is 16.6 Å². The fourth-order valence-electron chi connectivity index (χ4n) is 4.21. The normalized spacial score (nSPS) is 18.3. The summed E-state index contributed by atoms with van der Waals surface area (Å²) in [5, 5.41) is 28.0. The summed E-state index contributed by atoms with van der Waals surface area (Å²) in [5.41, 5.74) is 15.7. The molecule has 1 fully saturated rings. The van der Waals surface area contributed by atoms with Crippen molar-refractivity contribution in [3.8, 4) is 0 Å². The summed E-state index contributed by atoms with van der Waals surface area (Å²) in [6, 6.07) is -1.11. The number of carboxylic acids is 2. The number of nitrogens with one attached hydrogen (secondary N) is 2. The van der Waals surface area contributed by atoms with Crippen molar-refractivity contribution < 1.29 is 38.8 Å². The van der Waals surface area contributed by atoms with E-state index in [0.29, 0.717) is 36.7 Å². The van der Waals surface area contributed by atoms with E-state index in [2.05, 4.69) is 30.1 Å². The Labute approximate surface area is 270 Å². The molecule has 0 spiro atoms. The monoisotopic (exact) mass is 676 g/mol. The molecule has 246 valence electrons. The predicted octanol–water partition coefficient (Wildman–Crippen LogP) is -0.885. The van der Waals surface area contributed by atoms with E-state index < -0.39 is 46.5 Å². The molecule has 46 heavy (non-hydrogen) atoms. The van der Waals surface area contributed by atoms with E-state index >= 15 is 0 Å². The molecule has 2 atom stereocenters. The number of rotatable bonds is 15. The van der Waals surface area contributed by atoms with Gasteiger partial charge in [-0.25, -0.2) is 14.2 Å². The van der Waals surface area contributed by atoms with Gasteiger partial charge in [0.1, 0.15) is 35.5 Å². The van der Waals surface area contributed by atoms with Crippen LogP contribution in [-0.2, 0) is 30.6 Å². The second kappa shape index (κ2) is 14.5. The lowest BCUT2D eigenvalue weighted by Gasteiger charge is -2.49. The second-order valence-electron chi connectivity index (χ2n) is 10.5. The zero-order valence-electron chi connectivity index (χ0n) is 24.9. The Balaban J connectivity index is 1.47. The molecule has 1 unspecified atom stereocenters. The third-order valence-corrected chi connectivity index (χ3v) is 8.58. The predicted molar refractivity (Wildman–Crippen MR) is 168 cm³/mol. The number of oxime groups is 1. The number of hydrogen-bond donors (Lipinski definition) is 7. The molecule has 0 aliphatic carbocycles. The van der Waals surface area contributed by atoms with E-state index in [1.165, 1.54) is 25.6 Å². The van der Waals surface area contributed by atoms with Crippen LogP contribution in [0.2, 0.25) is 0 Å². The number of nitrogens with two attached hydrogens (primary N) is 3. The van der Waals surface area contributed by atoms with Gasteiger partial charge in [0.05, 0.1) is 0 Å². The lowest BCUT2D eigenvalue weighted by atomic mass is 10.0. The summed E-state index contributed by atoms with van der Waals surface area (Å²) < 4.78 is 5.70. The summed E-state index contributed by atoms with van der Waals surface area (Å²) in [5.74, 6) is -3.90. The molecule has 0 bridgehead atoms. The van der Waals surface area contributed by atoms with Crippen LogP contribution >= 0.6 is 23.3 Å². The second-order valence-corrected chi connectivity index (χ2v) is 12.4. The van der Waals surface area contributed by atoms with Crippen LogP contribution in [0, 0.1) is 0 Å². The number of fused-ring (bicyclic) bond motifs is 1. The Morgan fingerprint density at radius 2 is 2.04 bits per heavy atom. The maximum atomic E-state index is 13.2. The van der Waals surface area contributed by atoms with Gasteiger partial charge >= 0.3 is 11.9 Å². The van der Waals surface area contributed by atoms with Crippen LogP contribution in [0.3, 0.4) is 0 Å². The zero-order chi connectivity index (χ0) is 33.6. The Morgan fingerprint density at radius 1 is 1.28 bits per heavy atom. The Hall–Kier alpha value is -4.82. The minimum Gasteiger partial charge on any atom is -0.478 e. The van der Waals surface area contributed by atoms with Crippen LogP contribution < -0.4 is 32.4 Å². The number of carbonyl (C=O) groups excluding carboxylic acids is 2. The molecule has 10 N–H and O–H groups in total. The summed E-state index contributed by atoms with van der Waals surface area (Å²) in [6.07, 6.45) is 8.47. The summed E-state index contributed by atoms with van der Waals surface area (Å²) in [7, 11) is 0. The number of amides is 2. The van der Waals surface area contributed by atoms with Crippen LogP contribution in [0.5, 0.6) is 0 Å². The molecule has 18 nitrogen and oxygen atoms in total. The van der Waals surface area contributed by atoms with E-state index in [1.54, 1.807) is 29.2 Å². The highest BCUT2D eigenvalue weighted by molar-refractivity contribution is 8.00. The van der Waals surface area contributed by atoms with E-state index in [1.807, 2.05) is 0 Å². The number of thioether (sulfide) groups is 1. The molecular weight excluding hydrogens is 642 g/mol. The first-order valence-electron chi connectivity index (χ1n) is 13.9. The SMILES string of the molecule is CC(C)(O/N=C(\C(=O)N[C@@H]1C(=O)N2C(C(=O)O)=C(/C=C/C[n+]3cnc(N)c(NCCCCN)c3)CSC12)c1nsc(N)n1)C(=O)O. The van der Waals surface area contributed by atoms with Gasteiger partial charge in [-0.3, -0.25) is 14.5 Å². The first-order chi connectivity index (χ1) is 21.8.